The van der Waals surface area contributed by atoms with E-state index in [-0.39, 0.29) is 13.0 Å². The Morgan fingerprint density at radius 1 is 1.30 bits per heavy atom. The molecule has 0 unspecified atom stereocenters. The Morgan fingerprint density at radius 2 is 1.96 bits per heavy atom. The lowest BCUT2D eigenvalue weighted by atomic mass is 10.1. The Kier molecular flexibility index (Phi) is 8.23. The summed E-state index contributed by atoms with van der Waals surface area (Å²) in [5.41, 5.74) is 1.93. The molecular weight excluding hydrogens is 357 g/mol. The molecule has 4 nitrogen and oxygen atoms in total. The number of nitrogens with one attached hydrogen (secondary N) is 1. The molecule has 23 heavy (non-hydrogen) atoms. The van der Waals surface area contributed by atoms with E-state index in [2.05, 4.69) is 17.9 Å². The molecular formula is C16H17Cl2NO3S. The Balaban J connectivity index is 2.95. The third-order valence-corrected chi connectivity index (χ3v) is 3.53. The number of esters is 1. The van der Waals surface area contributed by atoms with Gasteiger partial charge in [0.2, 0.25) is 5.12 Å². The highest BCUT2D eigenvalue weighted by atomic mass is 35.5. The first-order valence-corrected chi connectivity index (χ1v) is 7.96. The van der Waals surface area contributed by atoms with E-state index in [1.165, 1.54) is 0 Å². The minimum atomic E-state index is -0.521. The van der Waals surface area contributed by atoms with Gasteiger partial charge in [-0.2, -0.15) is 0 Å². The highest BCUT2D eigenvalue weighted by Crippen LogP contribution is 2.26. The number of carbonyl (C=O) groups excluding carboxylic acids is 2. The van der Waals surface area contributed by atoms with Gasteiger partial charge >= 0.3 is 5.97 Å². The molecule has 0 heterocycles. The zero-order valence-corrected chi connectivity index (χ0v) is 15.1. The van der Waals surface area contributed by atoms with Crippen LogP contribution < -0.4 is 5.32 Å². The molecule has 0 aliphatic rings. The van der Waals surface area contributed by atoms with E-state index in [9.17, 15) is 9.59 Å². The summed E-state index contributed by atoms with van der Waals surface area (Å²) in [6.45, 7) is 3.15. The van der Waals surface area contributed by atoms with Crippen LogP contribution in [0.25, 0.3) is 0 Å². The molecule has 0 aliphatic carbocycles. The van der Waals surface area contributed by atoms with E-state index in [1.807, 2.05) is 6.07 Å². The van der Waals surface area contributed by atoms with Gasteiger partial charge in [-0.3, -0.25) is 9.59 Å². The summed E-state index contributed by atoms with van der Waals surface area (Å²) < 4.78 is 4.82. The van der Waals surface area contributed by atoms with Gasteiger partial charge in [-0.25, -0.2) is 0 Å². The molecule has 0 spiro atoms. The van der Waals surface area contributed by atoms with Crippen molar-refractivity contribution in [3.8, 4) is 0 Å². The second kappa shape index (κ2) is 9.65. The van der Waals surface area contributed by atoms with Crippen molar-refractivity contribution in [1.82, 2.24) is 0 Å². The molecule has 1 aromatic rings. The van der Waals surface area contributed by atoms with Crippen LogP contribution >= 0.6 is 35.8 Å². The lowest BCUT2D eigenvalue weighted by Crippen LogP contribution is -2.13. The summed E-state index contributed by atoms with van der Waals surface area (Å²) in [5.74, 6) is -0.521. The molecule has 1 N–H and O–H groups in total. The summed E-state index contributed by atoms with van der Waals surface area (Å²) in [6, 6.07) is 7.19. The molecule has 0 fully saturated rings. The minimum absolute atomic E-state index is 0.00625. The molecule has 1 aromatic carbocycles. The fourth-order valence-electron chi connectivity index (χ4n) is 1.73. The van der Waals surface area contributed by atoms with Crippen molar-refractivity contribution in [2.75, 3.05) is 11.9 Å². The molecule has 0 radical (unpaired) electrons. The number of halogens is 2. The van der Waals surface area contributed by atoms with Crippen LogP contribution in [-0.2, 0) is 20.7 Å². The van der Waals surface area contributed by atoms with Crippen molar-refractivity contribution in [2.24, 2.45) is 0 Å². The van der Waals surface area contributed by atoms with Crippen molar-refractivity contribution >= 4 is 52.6 Å². The molecule has 0 aromatic heterocycles. The highest BCUT2D eigenvalue weighted by molar-refractivity contribution is 7.96. The van der Waals surface area contributed by atoms with Crippen LogP contribution in [0.15, 0.2) is 46.1 Å². The topological polar surface area (TPSA) is 55.4 Å². The average molecular weight is 374 g/mol. The molecule has 0 aliphatic heterocycles. The number of ether oxygens (including phenoxy) is 1. The summed E-state index contributed by atoms with van der Waals surface area (Å²) in [6.07, 6.45) is 1.72. The molecule has 7 heteroatoms. The van der Waals surface area contributed by atoms with Gasteiger partial charge in [0.25, 0.3) is 0 Å². The van der Waals surface area contributed by atoms with E-state index < -0.39 is 11.1 Å². The molecule has 1 rings (SSSR count). The fraction of sp³-hybridized carbons (Fsp3) is 0.250. The van der Waals surface area contributed by atoms with Crippen LogP contribution in [0.3, 0.4) is 0 Å². The largest absolute Gasteiger partial charge is 0.456 e. The molecule has 0 saturated heterocycles. The number of carbonyl (C=O) groups is 2. The van der Waals surface area contributed by atoms with Gasteiger partial charge in [0, 0.05) is 10.7 Å². The monoisotopic (exact) mass is 373 g/mol. The second-order valence-electron chi connectivity index (χ2n) is 4.56. The number of allylic oxidation sites excluding steroid dienone is 3. The predicted molar refractivity (Wildman–Crippen MR) is 96.9 cm³/mol. The number of benzene rings is 1. The van der Waals surface area contributed by atoms with Gasteiger partial charge in [-0.15, -0.1) is 12.6 Å². The maximum atomic E-state index is 11.8. The van der Waals surface area contributed by atoms with Crippen LogP contribution in [0.2, 0.25) is 0 Å². The molecule has 0 atom stereocenters. The van der Waals surface area contributed by atoms with E-state index >= 15 is 0 Å². The lowest BCUT2D eigenvalue weighted by molar-refractivity contribution is -0.145. The van der Waals surface area contributed by atoms with Crippen LogP contribution in [0.1, 0.15) is 19.4 Å². The first-order valence-electron chi connectivity index (χ1n) is 6.76. The third-order valence-electron chi connectivity index (χ3n) is 2.81. The fourth-order valence-corrected chi connectivity index (χ4v) is 2.19. The maximum absolute atomic E-state index is 11.8. The first kappa shape index (κ1) is 19.6. The molecule has 124 valence electrons. The van der Waals surface area contributed by atoms with Crippen molar-refractivity contribution < 1.29 is 14.3 Å². The smallest absolute Gasteiger partial charge is 0.310 e. The summed E-state index contributed by atoms with van der Waals surface area (Å²) in [4.78, 5) is 22.5. The molecule has 0 bridgehead atoms. The average Bonchev–Trinajstić information content (AvgIpc) is 2.51. The molecule has 0 amide bonds. The molecule has 0 saturated carbocycles. The van der Waals surface area contributed by atoms with E-state index in [0.29, 0.717) is 27.0 Å². The SMILES string of the molecule is C/C=C(Cl)\C(Nc1ccccc1CC(=O)OCC(=O)S)=C(/C)Cl. The lowest BCUT2D eigenvalue weighted by Gasteiger charge is -2.15. The zero-order chi connectivity index (χ0) is 17.4. The van der Waals surface area contributed by atoms with Crippen LogP contribution in [0, 0.1) is 0 Å². The van der Waals surface area contributed by atoms with E-state index in [1.54, 1.807) is 38.1 Å². The van der Waals surface area contributed by atoms with Gasteiger partial charge in [0.05, 0.1) is 17.2 Å². The number of thiol groups is 1. The zero-order valence-electron chi connectivity index (χ0n) is 12.7. The maximum Gasteiger partial charge on any atom is 0.310 e. The van der Waals surface area contributed by atoms with E-state index in [4.69, 9.17) is 27.9 Å². The number of anilines is 1. The Morgan fingerprint density at radius 3 is 2.52 bits per heavy atom. The standard InChI is InChI=1S/C16H17Cl2NO3S/c1-3-12(18)16(10(2)17)19-13-7-5-4-6-11(13)8-14(20)22-9-15(21)23/h3-7,19H,8-9H2,1-2H3,(H,21,23)/b12-3+,16-10-. The summed E-state index contributed by atoms with van der Waals surface area (Å²) >= 11 is 15.8. The van der Waals surface area contributed by atoms with Crippen LogP contribution in [0.5, 0.6) is 0 Å². The Hall–Kier alpha value is -1.43. The van der Waals surface area contributed by atoms with Gasteiger partial charge < -0.3 is 10.1 Å². The number of rotatable bonds is 7. The minimum Gasteiger partial charge on any atom is -0.456 e. The normalized spacial score (nSPS) is 12.5. The van der Waals surface area contributed by atoms with Gasteiger partial charge in [-0.05, 0) is 25.5 Å². The van der Waals surface area contributed by atoms with Crippen molar-refractivity contribution in [2.45, 2.75) is 20.3 Å². The first-order chi connectivity index (χ1) is 10.8. The van der Waals surface area contributed by atoms with Gasteiger partial charge in [0.1, 0.15) is 0 Å². The number of hydrogen-bond donors (Lipinski definition) is 2. The van der Waals surface area contributed by atoms with Crippen LogP contribution in [-0.4, -0.2) is 17.7 Å². The summed E-state index contributed by atoms with van der Waals surface area (Å²) in [5, 5.41) is 3.58. The summed E-state index contributed by atoms with van der Waals surface area (Å²) in [7, 11) is 0. The predicted octanol–water partition coefficient (Wildman–Crippen LogP) is 4.25. The quantitative estimate of drug-likeness (QED) is 0.426. The number of para-hydroxylation sites is 1. The Bertz CT molecular complexity index is 652. The highest BCUT2D eigenvalue weighted by Gasteiger charge is 2.13. The van der Waals surface area contributed by atoms with Crippen LogP contribution in [0.4, 0.5) is 5.69 Å². The van der Waals surface area contributed by atoms with Crippen molar-refractivity contribution in [3.63, 3.8) is 0 Å². The van der Waals surface area contributed by atoms with Gasteiger partial charge in [-0.1, -0.05) is 47.5 Å². The number of hydrogen-bond acceptors (Lipinski definition) is 4. The van der Waals surface area contributed by atoms with E-state index in [0.717, 1.165) is 0 Å². The Labute approximate surface area is 150 Å². The van der Waals surface area contributed by atoms with Crippen molar-refractivity contribution in [3.05, 3.63) is 51.7 Å². The van der Waals surface area contributed by atoms with Crippen molar-refractivity contribution in [1.29, 1.82) is 0 Å². The second-order valence-corrected chi connectivity index (χ2v) is 6.03. The third kappa shape index (κ3) is 6.69. The van der Waals surface area contributed by atoms with Gasteiger partial charge in [0.15, 0.2) is 6.61 Å².